The van der Waals surface area contributed by atoms with E-state index >= 15 is 0 Å². The van der Waals surface area contributed by atoms with Crippen LogP contribution in [0, 0.1) is 22.5 Å². The number of benzene rings is 2. The maximum atomic E-state index is 14.9. The Hall–Kier alpha value is -4.41. The quantitative estimate of drug-likeness (QED) is 0.309. The van der Waals surface area contributed by atoms with Gasteiger partial charge in [0.1, 0.15) is 17.4 Å². The van der Waals surface area contributed by atoms with Crippen LogP contribution in [0.5, 0.6) is 5.75 Å². The molecule has 2 aromatic rings. The van der Waals surface area contributed by atoms with Gasteiger partial charge in [-0.05, 0) is 48.3 Å². The third-order valence-corrected chi connectivity index (χ3v) is 6.53. The number of anilines is 1. The van der Waals surface area contributed by atoms with Gasteiger partial charge in [0.15, 0.2) is 11.9 Å². The Labute approximate surface area is 213 Å². The Balaban J connectivity index is 1.50. The zero-order valence-electron chi connectivity index (χ0n) is 20.4. The average molecular weight is 510 g/mol. The summed E-state index contributed by atoms with van der Waals surface area (Å²) in [6.07, 6.45) is 4.62. The lowest BCUT2D eigenvalue weighted by Gasteiger charge is -2.27. The highest BCUT2D eigenvalue weighted by Crippen LogP contribution is 2.33. The average Bonchev–Trinajstić information content (AvgIpc) is 2.88. The molecule has 1 amide bonds. The summed E-state index contributed by atoms with van der Waals surface area (Å²) in [6.45, 7) is 1.80. The van der Waals surface area contributed by atoms with Gasteiger partial charge in [0.05, 0.1) is 7.11 Å². The number of nitrogens with one attached hydrogen (secondary N) is 3. The largest absolute Gasteiger partial charge is 0.496 e. The Morgan fingerprint density at radius 2 is 1.51 bits per heavy atom. The van der Waals surface area contributed by atoms with Crippen molar-refractivity contribution in [1.29, 1.82) is 10.8 Å². The van der Waals surface area contributed by atoms with Crippen molar-refractivity contribution >= 4 is 34.7 Å². The first-order valence-electron chi connectivity index (χ1n) is 11.7. The summed E-state index contributed by atoms with van der Waals surface area (Å²) in [5, 5.41) is 17.7. The molecule has 0 aliphatic carbocycles. The van der Waals surface area contributed by atoms with Crippen molar-refractivity contribution in [3.8, 4) is 5.75 Å². The lowest BCUT2D eigenvalue weighted by Crippen LogP contribution is -2.39. The minimum atomic E-state index is -0.829. The van der Waals surface area contributed by atoms with Crippen molar-refractivity contribution in [3.63, 3.8) is 0 Å². The van der Waals surface area contributed by atoms with E-state index in [0.717, 1.165) is 23.3 Å². The number of carbonyl (C=O) groups is 1. The Bertz CT molecular complexity index is 1300. The van der Waals surface area contributed by atoms with E-state index in [9.17, 15) is 13.6 Å². The molecule has 0 unspecified atom stereocenters. The van der Waals surface area contributed by atoms with E-state index in [1.165, 1.54) is 7.11 Å². The van der Waals surface area contributed by atoms with E-state index in [1.54, 1.807) is 28.0 Å². The maximum absolute atomic E-state index is 14.9. The van der Waals surface area contributed by atoms with E-state index in [2.05, 4.69) is 5.32 Å². The summed E-state index contributed by atoms with van der Waals surface area (Å²) >= 11 is 0. The van der Waals surface area contributed by atoms with Gasteiger partial charge in [-0.1, -0.05) is 12.2 Å². The van der Waals surface area contributed by atoms with Crippen LogP contribution in [0.4, 0.5) is 14.5 Å². The molecule has 7 N–H and O–H groups in total. The number of methoxy groups -OCH3 is 1. The second kappa shape index (κ2) is 10.7. The minimum Gasteiger partial charge on any atom is -0.496 e. The predicted octanol–water partition coefficient (Wildman–Crippen LogP) is 3.19. The molecule has 4 rings (SSSR count). The maximum Gasteiger partial charge on any atom is 0.255 e. The molecule has 0 atom stereocenters. The van der Waals surface area contributed by atoms with Crippen LogP contribution >= 0.6 is 0 Å². The number of nitrogens with zero attached hydrogens (tertiary/aromatic N) is 2. The van der Waals surface area contributed by atoms with Crippen LogP contribution in [-0.2, 0) is 0 Å². The highest BCUT2D eigenvalue weighted by Gasteiger charge is 2.22. The first-order valence-corrected chi connectivity index (χ1v) is 11.7. The van der Waals surface area contributed by atoms with Gasteiger partial charge in [-0.3, -0.25) is 15.6 Å². The number of rotatable bonds is 5. The third-order valence-electron chi connectivity index (χ3n) is 6.53. The molecule has 37 heavy (non-hydrogen) atoms. The van der Waals surface area contributed by atoms with Crippen LogP contribution in [0.25, 0.3) is 11.1 Å². The van der Waals surface area contributed by atoms with Gasteiger partial charge in [-0.2, -0.15) is 0 Å². The Morgan fingerprint density at radius 3 is 2.00 bits per heavy atom. The van der Waals surface area contributed by atoms with Crippen molar-refractivity contribution in [2.24, 2.45) is 11.5 Å². The SMILES string of the molecule is COc1cc(NC(=O)c2cc(F)c(C3=CCN(C(=N)N)CC3)c(F)c2)ccc1C1=CCN(C(=N)N)CC1. The minimum absolute atomic E-state index is 0.0244. The van der Waals surface area contributed by atoms with Crippen molar-refractivity contribution in [1.82, 2.24) is 9.80 Å². The first-order chi connectivity index (χ1) is 17.7. The van der Waals surface area contributed by atoms with Crippen molar-refractivity contribution in [2.45, 2.75) is 12.8 Å². The molecular weight excluding hydrogens is 480 g/mol. The topological polar surface area (TPSA) is 145 Å². The number of carbonyl (C=O) groups excluding carboxylic acids is 1. The van der Waals surface area contributed by atoms with Crippen molar-refractivity contribution in [2.75, 3.05) is 38.6 Å². The van der Waals surface area contributed by atoms with Gasteiger partial charge in [-0.25, -0.2) is 8.78 Å². The van der Waals surface area contributed by atoms with E-state index < -0.39 is 17.5 Å². The monoisotopic (exact) mass is 509 g/mol. The fraction of sp³-hybridized carbons (Fsp3) is 0.269. The van der Waals surface area contributed by atoms with Crippen molar-refractivity contribution < 1.29 is 18.3 Å². The molecule has 11 heteroatoms. The van der Waals surface area contributed by atoms with Crippen LogP contribution in [0.15, 0.2) is 42.5 Å². The number of nitrogens with two attached hydrogens (primary N) is 2. The molecule has 0 saturated carbocycles. The molecule has 2 aliphatic rings. The van der Waals surface area contributed by atoms with Crippen LogP contribution in [0.3, 0.4) is 0 Å². The second-order valence-electron chi connectivity index (χ2n) is 8.81. The molecule has 0 spiro atoms. The van der Waals surface area contributed by atoms with Gasteiger partial charge < -0.3 is 31.3 Å². The van der Waals surface area contributed by atoms with E-state index in [4.69, 9.17) is 27.0 Å². The highest BCUT2D eigenvalue weighted by molar-refractivity contribution is 6.04. The van der Waals surface area contributed by atoms with Crippen LogP contribution in [0.1, 0.15) is 34.3 Å². The second-order valence-corrected chi connectivity index (χ2v) is 8.81. The molecule has 0 fully saturated rings. The molecule has 0 bridgehead atoms. The normalized spacial score (nSPS) is 15.5. The molecule has 0 aromatic heterocycles. The Kier molecular flexibility index (Phi) is 7.42. The molecule has 2 aliphatic heterocycles. The Morgan fingerprint density at radius 1 is 0.946 bits per heavy atom. The molecule has 9 nitrogen and oxygen atoms in total. The van der Waals surface area contributed by atoms with E-state index in [1.807, 2.05) is 12.1 Å². The first kappa shape index (κ1) is 25.7. The molecule has 0 saturated heterocycles. The predicted molar refractivity (Wildman–Crippen MR) is 139 cm³/mol. The molecule has 2 aromatic carbocycles. The highest BCUT2D eigenvalue weighted by atomic mass is 19.1. The van der Waals surface area contributed by atoms with Crippen LogP contribution < -0.4 is 21.5 Å². The molecular formula is C26H29F2N7O2. The van der Waals surface area contributed by atoms with Crippen molar-refractivity contribution in [3.05, 3.63) is 70.8 Å². The zero-order chi connectivity index (χ0) is 26.7. The van der Waals surface area contributed by atoms with Crippen LogP contribution in [0.2, 0.25) is 0 Å². The number of amides is 1. The summed E-state index contributed by atoms with van der Waals surface area (Å²) < 4.78 is 35.3. The molecule has 2 heterocycles. The lowest BCUT2D eigenvalue weighted by atomic mass is 9.96. The van der Waals surface area contributed by atoms with Gasteiger partial charge >= 0.3 is 0 Å². The standard InChI is InChI=1S/C26H29F2N7O2/c1-37-22-14-18(2-3-19(22)15-4-8-34(9-5-15)25(29)30)33-24(36)17-12-20(27)23(21(28)13-17)16-6-10-35(11-7-16)26(31)32/h2-4,6,12-14H,5,7-11H2,1H3,(H3,29,30)(H3,31,32)(H,33,36). The van der Waals surface area contributed by atoms with Gasteiger partial charge in [-0.15, -0.1) is 0 Å². The van der Waals surface area contributed by atoms with E-state index in [-0.39, 0.29) is 29.6 Å². The van der Waals surface area contributed by atoms with Gasteiger partial charge in [0.25, 0.3) is 5.91 Å². The summed E-state index contributed by atoms with van der Waals surface area (Å²) in [4.78, 5) is 16.2. The number of ether oxygens (including phenoxy) is 1. The summed E-state index contributed by atoms with van der Waals surface area (Å²) in [5.41, 5.74) is 13.5. The zero-order valence-corrected chi connectivity index (χ0v) is 20.4. The van der Waals surface area contributed by atoms with Crippen LogP contribution in [-0.4, -0.2) is 60.9 Å². The lowest BCUT2D eigenvalue weighted by molar-refractivity contribution is 0.102. The van der Waals surface area contributed by atoms with Gasteiger partial charge in [0.2, 0.25) is 0 Å². The fourth-order valence-electron chi connectivity index (χ4n) is 4.50. The molecule has 194 valence electrons. The number of hydrogen-bond acceptors (Lipinski definition) is 4. The fourth-order valence-corrected chi connectivity index (χ4v) is 4.50. The van der Waals surface area contributed by atoms with E-state index in [0.29, 0.717) is 49.5 Å². The number of halogens is 2. The summed E-state index contributed by atoms with van der Waals surface area (Å²) in [6, 6.07) is 7.20. The summed E-state index contributed by atoms with van der Waals surface area (Å²) in [5.74, 6) is -1.85. The smallest absolute Gasteiger partial charge is 0.255 e. The number of hydrogen-bond donors (Lipinski definition) is 5. The summed E-state index contributed by atoms with van der Waals surface area (Å²) in [7, 11) is 1.52. The number of guanidine groups is 2. The third kappa shape index (κ3) is 5.55. The molecule has 0 radical (unpaired) electrons. The van der Waals surface area contributed by atoms with Gasteiger partial charge in [0, 0.05) is 54.6 Å².